The number of nitriles is 1. The van der Waals surface area contributed by atoms with Crippen molar-refractivity contribution >= 4 is 5.91 Å². The van der Waals surface area contributed by atoms with Crippen LogP contribution in [0.25, 0.3) is 0 Å². The van der Waals surface area contributed by atoms with E-state index in [4.69, 9.17) is 5.26 Å². The molecule has 2 unspecified atom stereocenters. The molecule has 2 atom stereocenters. The normalized spacial score (nSPS) is 21.6. The summed E-state index contributed by atoms with van der Waals surface area (Å²) in [6.45, 7) is 6.25. The Labute approximate surface area is 126 Å². The summed E-state index contributed by atoms with van der Waals surface area (Å²) in [5, 5.41) is 12.5. The Morgan fingerprint density at radius 1 is 1.48 bits per heavy atom. The third kappa shape index (κ3) is 3.83. The Bertz CT molecular complexity index is 535. The summed E-state index contributed by atoms with van der Waals surface area (Å²) >= 11 is 0. The van der Waals surface area contributed by atoms with Gasteiger partial charge in [-0.05, 0) is 43.9 Å². The summed E-state index contributed by atoms with van der Waals surface area (Å²) < 4.78 is 0. The SMILES string of the molecule is CCN(Cc1ccccc1C#N)C(=O)C1CC(C)CCN1. The van der Waals surface area contributed by atoms with Gasteiger partial charge in [0.25, 0.3) is 0 Å². The topological polar surface area (TPSA) is 56.1 Å². The van der Waals surface area contributed by atoms with Gasteiger partial charge in [-0.1, -0.05) is 25.1 Å². The van der Waals surface area contributed by atoms with E-state index >= 15 is 0 Å². The molecule has 4 nitrogen and oxygen atoms in total. The number of amides is 1. The smallest absolute Gasteiger partial charge is 0.240 e. The Kier molecular flexibility index (Phi) is 5.35. The zero-order valence-corrected chi connectivity index (χ0v) is 12.8. The number of nitrogens with zero attached hydrogens (tertiary/aromatic N) is 2. The van der Waals surface area contributed by atoms with Crippen molar-refractivity contribution in [1.29, 1.82) is 5.26 Å². The molecule has 0 saturated carbocycles. The third-order valence-electron chi connectivity index (χ3n) is 4.16. The summed E-state index contributed by atoms with van der Waals surface area (Å²) in [5.41, 5.74) is 1.56. The second-order valence-electron chi connectivity index (χ2n) is 5.76. The summed E-state index contributed by atoms with van der Waals surface area (Å²) in [7, 11) is 0. The molecule has 0 spiro atoms. The number of likely N-dealkylation sites (N-methyl/N-ethyl adjacent to an activating group) is 1. The van der Waals surface area contributed by atoms with Gasteiger partial charge in [0, 0.05) is 13.1 Å². The van der Waals surface area contributed by atoms with Crippen molar-refractivity contribution in [3.63, 3.8) is 0 Å². The Balaban J connectivity index is 2.09. The Morgan fingerprint density at radius 3 is 2.90 bits per heavy atom. The van der Waals surface area contributed by atoms with Crippen molar-refractivity contribution in [2.24, 2.45) is 5.92 Å². The minimum atomic E-state index is -0.0806. The lowest BCUT2D eigenvalue weighted by atomic mass is 9.93. The highest BCUT2D eigenvalue weighted by Gasteiger charge is 2.28. The predicted octanol–water partition coefficient (Wildman–Crippen LogP) is 2.29. The lowest BCUT2D eigenvalue weighted by molar-refractivity contribution is -0.134. The van der Waals surface area contributed by atoms with E-state index in [9.17, 15) is 4.79 Å². The van der Waals surface area contributed by atoms with E-state index in [-0.39, 0.29) is 11.9 Å². The summed E-state index contributed by atoms with van der Waals surface area (Å²) in [4.78, 5) is 14.5. The predicted molar refractivity (Wildman–Crippen MR) is 82.4 cm³/mol. The average Bonchev–Trinajstić information content (AvgIpc) is 2.52. The number of hydrogen-bond acceptors (Lipinski definition) is 3. The minimum Gasteiger partial charge on any atom is -0.337 e. The van der Waals surface area contributed by atoms with E-state index in [1.807, 2.05) is 30.0 Å². The zero-order chi connectivity index (χ0) is 15.2. The number of benzene rings is 1. The van der Waals surface area contributed by atoms with Crippen LogP contribution < -0.4 is 5.32 Å². The van der Waals surface area contributed by atoms with Crippen molar-refractivity contribution in [3.8, 4) is 6.07 Å². The first-order valence-electron chi connectivity index (χ1n) is 7.65. The van der Waals surface area contributed by atoms with E-state index < -0.39 is 0 Å². The molecule has 1 aromatic carbocycles. The number of carbonyl (C=O) groups excluding carboxylic acids is 1. The number of carbonyl (C=O) groups is 1. The molecule has 1 saturated heterocycles. The second kappa shape index (κ2) is 7.24. The number of hydrogen-bond donors (Lipinski definition) is 1. The van der Waals surface area contributed by atoms with Gasteiger partial charge in [0.1, 0.15) is 0 Å². The Morgan fingerprint density at radius 2 is 2.24 bits per heavy atom. The van der Waals surface area contributed by atoms with E-state index in [0.29, 0.717) is 24.6 Å². The van der Waals surface area contributed by atoms with E-state index in [2.05, 4.69) is 18.3 Å². The molecule has 0 bridgehead atoms. The molecule has 4 heteroatoms. The van der Waals surface area contributed by atoms with Crippen molar-refractivity contribution < 1.29 is 4.79 Å². The summed E-state index contributed by atoms with van der Waals surface area (Å²) in [6.07, 6.45) is 2.03. The fourth-order valence-electron chi connectivity index (χ4n) is 2.83. The van der Waals surface area contributed by atoms with Gasteiger partial charge in [-0.3, -0.25) is 4.79 Å². The molecular formula is C17H23N3O. The highest BCUT2D eigenvalue weighted by molar-refractivity contribution is 5.82. The number of piperidine rings is 1. The van der Waals surface area contributed by atoms with Crippen LogP contribution in [0.2, 0.25) is 0 Å². The van der Waals surface area contributed by atoms with Crippen LogP contribution in [0.3, 0.4) is 0 Å². The molecule has 112 valence electrons. The molecule has 21 heavy (non-hydrogen) atoms. The fourth-order valence-corrected chi connectivity index (χ4v) is 2.83. The number of rotatable bonds is 4. The molecule has 1 aromatic rings. The molecule has 1 fully saturated rings. The molecule has 2 rings (SSSR count). The van der Waals surface area contributed by atoms with Gasteiger partial charge in [-0.25, -0.2) is 0 Å². The third-order valence-corrected chi connectivity index (χ3v) is 4.16. The summed E-state index contributed by atoms with van der Waals surface area (Å²) in [5.74, 6) is 0.738. The van der Waals surface area contributed by atoms with Crippen molar-refractivity contribution in [1.82, 2.24) is 10.2 Å². The van der Waals surface area contributed by atoms with Gasteiger partial charge in [-0.2, -0.15) is 5.26 Å². The molecule has 1 aliphatic rings. The first-order valence-corrected chi connectivity index (χ1v) is 7.65. The average molecular weight is 285 g/mol. The van der Waals surface area contributed by atoms with Gasteiger partial charge in [0.2, 0.25) is 5.91 Å². The van der Waals surface area contributed by atoms with Gasteiger partial charge < -0.3 is 10.2 Å². The first-order chi connectivity index (χ1) is 10.2. The van der Waals surface area contributed by atoms with Crippen LogP contribution in [0.15, 0.2) is 24.3 Å². The summed E-state index contributed by atoms with van der Waals surface area (Å²) in [6, 6.07) is 9.60. The number of nitrogens with one attached hydrogen (secondary N) is 1. The van der Waals surface area contributed by atoms with Crippen molar-refractivity contribution in [3.05, 3.63) is 35.4 Å². The lowest BCUT2D eigenvalue weighted by Gasteiger charge is -2.32. The monoisotopic (exact) mass is 285 g/mol. The molecule has 0 aliphatic carbocycles. The van der Waals surface area contributed by atoms with Crippen molar-refractivity contribution in [2.75, 3.05) is 13.1 Å². The van der Waals surface area contributed by atoms with Crippen molar-refractivity contribution in [2.45, 2.75) is 39.3 Å². The van der Waals surface area contributed by atoms with Gasteiger partial charge in [0.05, 0.1) is 17.7 Å². The van der Waals surface area contributed by atoms with Gasteiger partial charge >= 0.3 is 0 Å². The second-order valence-corrected chi connectivity index (χ2v) is 5.76. The van der Waals surface area contributed by atoms with Crippen LogP contribution in [0, 0.1) is 17.2 Å². The highest BCUT2D eigenvalue weighted by atomic mass is 16.2. The fraction of sp³-hybridized carbons (Fsp3) is 0.529. The molecule has 1 aliphatic heterocycles. The molecule has 1 amide bonds. The van der Waals surface area contributed by atoms with Crippen LogP contribution >= 0.6 is 0 Å². The molecule has 1 heterocycles. The first kappa shape index (κ1) is 15.5. The minimum absolute atomic E-state index is 0.0806. The van der Waals surface area contributed by atoms with E-state index in [0.717, 1.165) is 24.9 Å². The van der Waals surface area contributed by atoms with Crippen LogP contribution in [0.5, 0.6) is 0 Å². The lowest BCUT2D eigenvalue weighted by Crippen LogP contribution is -2.49. The Hall–Kier alpha value is -1.86. The molecular weight excluding hydrogens is 262 g/mol. The maximum Gasteiger partial charge on any atom is 0.240 e. The van der Waals surface area contributed by atoms with Gasteiger partial charge in [0.15, 0.2) is 0 Å². The van der Waals surface area contributed by atoms with Gasteiger partial charge in [-0.15, -0.1) is 0 Å². The van der Waals surface area contributed by atoms with Crippen LogP contribution in [0.1, 0.15) is 37.8 Å². The van der Waals surface area contributed by atoms with E-state index in [1.54, 1.807) is 6.07 Å². The molecule has 1 N–H and O–H groups in total. The zero-order valence-electron chi connectivity index (χ0n) is 12.8. The molecule has 0 aromatic heterocycles. The molecule has 0 radical (unpaired) electrons. The van der Waals surface area contributed by atoms with Crippen LogP contribution in [0.4, 0.5) is 0 Å². The maximum absolute atomic E-state index is 12.7. The van der Waals surface area contributed by atoms with Crippen LogP contribution in [-0.4, -0.2) is 29.9 Å². The quantitative estimate of drug-likeness (QED) is 0.923. The maximum atomic E-state index is 12.7. The standard InChI is InChI=1S/C17H23N3O/c1-3-20(12-15-7-5-4-6-14(15)11-18)17(21)16-10-13(2)8-9-19-16/h4-7,13,16,19H,3,8-10,12H2,1-2H3. The van der Waals surface area contributed by atoms with E-state index in [1.165, 1.54) is 0 Å². The highest BCUT2D eigenvalue weighted by Crippen LogP contribution is 2.18. The van der Waals surface area contributed by atoms with Crippen LogP contribution in [-0.2, 0) is 11.3 Å². The largest absolute Gasteiger partial charge is 0.337 e.